The summed E-state index contributed by atoms with van der Waals surface area (Å²) in [6.07, 6.45) is -21.1. The van der Waals surface area contributed by atoms with Crippen LogP contribution < -0.4 is 0 Å². The molecular formula is C66H91N9O21. The second-order valence-electron chi connectivity index (χ2n) is 25.3. The molecule has 0 spiro atoms. The minimum atomic E-state index is -1.68. The van der Waals surface area contributed by atoms with E-state index >= 15 is 0 Å². The second kappa shape index (κ2) is 35.9. The molecule has 0 saturated carbocycles. The van der Waals surface area contributed by atoms with Gasteiger partial charge in [-0.25, -0.2) is 0 Å². The molecule has 0 amide bonds. The molecule has 526 valence electrons. The predicted octanol–water partition coefficient (Wildman–Crippen LogP) is 6.15. The molecule has 9 rings (SSSR count). The first kappa shape index (κ1) is 74.5. The zero-order chi connectivity index (χ0) is 68.6. The molecular weight excluding hydrogens is 1250 g/mol. The van der Waals surface area contributed by atoms with Gasteiger partial charge >= 0.3 is 0 Å². The van der Waals surface area contributed by atoms with Gasteiger partial charge in [-0.15, -0.1) is 12.3 Å². The number of aliphatic hydroxyl groups excluding tert-OH is 6. The monoisotopic (exact) mass is 1350 g/mol. The van der Waals surface area contributed by atoms with Crippen LogP contribution in [0.5, 0.6) is 0 Å². The third-order valence-corrected chi connectivity index (χ3v) is 18.9. The highest BCUT2D eigenvalue weighted by Crippen LogP contribution is 2.42. The van der Waals surface area contributed by atoms with Crippen LogP contribution in [0.1, 0.15) is 78.0 Å². The Hall–Kier alpha value is -5.69. The zero-order valence-corrected chi connectivity index (χ0v) is 54.8. The Kier molecular flexibility index (Phi) is 27.9. The summed E-state index contributed by atoms with van der Waals surface area (Å²) in [5, 5.41) is 81.6. The Bertz CT molecular complexity index is 3050. The molecule has 6 saturated heterocycles. The summed E-state index contributed by atoms with van der Waals surface area (Å²) < 4.78 is 96.5. The van der Waals surface area contributed by atoms with Crippen molar-refractivity contribution in [3.8, 4) is 12.3 Å². The summed E-state index contributed by atoms with van der Waals surface area (Å²) in [5.41, 5.74) is 32.1. The number of terminal acetylenes is 1. The van der Waals surface area contributed by atoms with Gasteiger partial charge < -0.3 is 102 Å². The Morgan fingerprint density at radius 1 is 0.406 bits per heavy atom. The van der Waals surface area contributed by atoms with E-state index in [1.807, 2.05) is 105 Å². The molecule has 12 unspecified atom stereocenters. The summed E-state index contributed by atoms with van der Waals surface area (Å²) >= 11 is 0. The fourth-order valence-corrected chi connectivity index (χ4v) is 13.3. The van der Waals surface area contributed by atoms with Crippen LogP contribution in [-0.4, -0.2) is 217 Å². The summed E-state index contributed by atoms with van der Waals surface area (Å²) in [4.78, 5) is 9.31. The van der Waals surface area contributed by atoms with E-state index in [1.54, 1.807) is 34.6 Å². The van der Waals surface area contributed by atoms with Crippen molar-refractivity contribution in [2.75, 3.05) is 26.4 Å². The van der Waals surface area contributed by atoms with E-state index in [9.17, 15) is 47.2 Å². The van der Waals surface area contributed by atoms with Crippen LogP contribution in [0.2, 0.25) is 0 Å². The van der Waals surface area contributed by atoms with Crippen LogP contribution in [0.4, 0.5) is 0 Å². The Morgan fingerprint density at radius 3 is 1.08 bits per heavy atom. The lowest BCUT2D eigenvalue weighted by Crippen LogP contribution is -2.66. The molecule has 30 nitrogen and oxygen atoms in total. The number of unbranched alkanes of at least 4 members (excludes halogenated alkanes) is 1. The van der Waals surface area contributed by atoms with Gasteiger partial charge in [-0.1, -0.05) is 134 Å². The first-order chi connectivity index (χ1) is 46.5. The number of aliphatic hydroxyl groups is 6. The lowest BCUT2D eigenvalue weighted by molar-refractivity contribution is -0.378. The Morgan fingerprint density at radius 2 is 0.729 bits per heavy atom. The predicted molar refractivity (Wildman–Crippen MR) is 337 cm³/mol. The average Bonchev–Trinajstić information content (AvgIpc) is 0.796. The van der Waals surface area contributed by atoms with Crippen LogP contribution >= 0.6 is 0 Å². The smallest absolute Gasteiger partial charge is 0.186 e. The lowest BCUT2D eigenvalue weighted by Gasteiger charge is -2.51. The third kappa shape index (κ3) is 17.8. The SMILES string of the molecule is C#CCCCO[C@@H]1OC(CO)[C@H](O[C@@H]2OC(C)[C@H](O[C@@H]3OC(CO)[C@H](O[C@@H]4OC(C)[C@H](O[C@@H]5OC(CO)[C@H](O[C@@H]6OC(C)[C@H](C)[C@@H](OCc7ccccc7)C6O)[C@H](C)C5N=[N+]=[N-])[C@@H](OCc5ccccc5)C4O)[C@H](C)C3N=[N+]=[N-])[C@@H](OCc3ccccc3)C2O)[C@H](C)C1N=[N+]=[N-]. The third-order valence-electron chi connectivity index (χ3n) is 18.9. The maximum atomic E-state index is 12.5. The largest absolute Gasteiger partial charge is 0.394 e. The van der Waals surface area contributed by atoms with Crippen LogP contribution in [0, 0.1) is 36.0 Å². The highest BCUT2D eigenvalue weighted by molar-refractivity contribution is 5.16. The molecule has 6 heterocycles. The second-order valence-corrected chi connectivity index (χ2v) is 25.3. The lowest BCUT2D eigenvalue weighted by atomic mass is 9.87. The quantitative estimate of drug-likeness (QED) is 0.0149. The van der Waals surface area contributed by atoms with Gasteiger partial charge in [0.25, 0.3) is 0 Å². The molecule has 30 atom stereocenters. The van der Waals surface area contributed by atoms with Gasteiger partial charge in [-0.3, -0.25) is 0 Å². The summed E-state index contributed by atoms with van der Waals surface area (Å²) in [5.74, 6) is 0.00507. The minimum Gasteiger partial charge on any atom is -0.394 e. The molecule has 6 aliphatic rings. The van der Waals surface area contributed by atoms with E-state index in [1.165, 1.54) is 0 Å². The number of benzene rings is 3. The highest BCUT2D eigenvalue weighted by Gasteiger charge is 2.57. The molecule has 0 aromatic heterocycles. The first-order valence-corrected chi connectivity index (χ1v) is 32.7. The van der Waals surface area contributed by atoms with E-state index in [-0.39, 0.29) is 32.3 Å². The number of nitrogens with zero attached hydrogens (tertiary/aromatic N) is 9. The molecule has 6 aliphatic heterocycles. The zero-order valence-electron chi connectivity index (χ0n) is 54.8. The van der Waals surface area contributed by atoms with E-state index in [0.29, 0.717) is 12.8 Å². The van der Waals surface area contributed by atoms with E-state index < -0.39 is 197 Å². The Labute approximate surface area is 557 Å². The van der Waals surface area contributed by atoms with Gasteiger partial charge in [-0.2, -0.15) is 0 Å². The molecule has 6 fully saturated rings. The number of ether oxygens (including phenoxy) is 15. The number of hydrogen-bond donors (Lipinski definition) is 6. The summed E-state index contributed by atoms with van der Waals surface area (Å²) in [7, 11) is 0. The van der Waals surface area contributed by atoms with Crippen LogP contribution in [-0.2, 0) is 90.9 Å². The van der Waals surface area contributed by atoms with Gasteiger partial charge in [0.1, 0.15) is 61.0 Å². The van der Waals surface area contributed by atoms with E-state index in [2.05, 4.69) is 36.0 Å². The molecule has 0 aliphatic carbocycles. The highest BCUT2D eigenvalue weighted by atomic mass is 16.8. The van der Waals surface area contributed by atoms with Gasteiger partial charge in [0.15, 0.2) is 37.7 Å². The van der Waals surface area contributed by atoms with Crippen LogP contribution in [0.3, 0.4) is 0 Å². The van der Waals surface area contributed by atoms with Crippen molar-refractivity contribution in [2.45, 2.75) is 241 Å². The number of hydrogen-bond acceptors (Lipinski definition) is 24. The molecule has 6 N–H and O–H groups in total. The van der Waals surface area contributed by atoms with Crippen molar-refractivity contribution >= 4 is 0 Å². The molecule has 3 aromatic rings. The molecule has 96 heavy (non-hydrogen) atoms. The number of rotatable bonds is 29. The molecule has 0 bridgehead atoms. The van der Waals surface area contributed by atoms with Gasteiger partial charge in [0.05, 0.1) is 107 Å². The van der Waals surface area contributed by atoms with Crippen molar-refractivity contribution < 1.29 is 102 Å². The Balaban J connectivity index is 0.913. The summed E-state index contributed by atoms with van der Waals surface area (Å²) in [6, 6.07) is 24.5. The minimum absolute atomic E-state index is 0.0310. The molecule has 0 radical (unpaired) electrons. The molecule has 30 heteroatoms. The average molecular weight is 1350 g/mol. The van der Waals surface area contributed by atoms with Crippen LogP contribution in [0.15, 0.2) is 106 Å². The topological polar surface area (TPSA) is 406 Å². The van der Waals surface area contributed by atoms with Crippen molar-refractivity contribution in [3.63, 3.8) is 0 Å². The first-order valence-electron chi connectivity index (χ1n) is 32.7. The van der Waals surface area contributed by atoms with Gasteiger partial charge in [-0.05, 0) is 78.2 Å². The van der Waals surface area contributed by atoms with Crippen molar-refractivity contribution in [1.82, 2.24) is 0 Å². The fraction of sp³-hybridized carbons (Fsp3) is 0.697. The van der Waals surface area contributed by atoms with Crippen LogP contribution in [0.25, 0.3) is 31.3 Å². The normalized spacial score (nSPS) is 40.2. The van der Waals surface area contributed by atoms with Crippen molar-refractivity contribution in [2.24, 2.45) is 39.0 Å². The van der Waals surface area contributed by atoms with Crippen molar-refractivity contribution in [3.05, 3.63) is 139 Å². The fourth-order valence-electron chi connectivity index (χ4n) is 13.3. The van der Waals surface area contributed by atoms with Gasteiger partial charge in [0, 0.05) is 27.1 Å². The van der Waals surface area contributed by atoms with Crippen molar-refractivity contribution in [1.29, 1.82) is 0 Å². The maximum absolute atomic E-state index is 12.5. The maximum Gasteiger partial charge on any atom is 0.186 e. The standard InChI is InChI=1S/C66H91N9O21/c1-9-10-20-27-82-61-47(70-73-67)35(3)53(44(28-76)89-61)93-65-51(80)59(84-32-42-23-16-12-17-24-42)57(39(7)87-65)96-63-49(72-75-69)37(5)55(46(30-78)91-63)94-66-52(81)60(85-33-43-25-18-13-19-26-43)58(40(8)88-66)95-62-48(71-74-68)36(4)54(45(29-77)90-62)92-64-50(79)56(34(2)38(6)86-64)83-31-41-21-14-11-15-22-41/h1,11-19,21-26,34-40,44-66,76-81H,10,20,27-33H2,2-8H3/t34-,35+,36+,37+,38?,39?,40?,44?,45?,46?,47?,48?,49?,50?,51?,52?,53+,54+,55+,56+,57-,58-,59-,60-,61+,62-,63-,64-,65-,66-/m0/s1. The summed E-state index contributed by atoms with van der Waals surface area (Å²) in [6.45, 7) is 10.7. The van der Waals surface area contributed by atoms with Gasteiger partial charge in [0.2, 0.25) is 0 Å². The van der Waals surface area contributed by atoms with E-state index in [4.69, 9.17) is 77.5 Å². The van der Waals surface area contributed by atoms with E-state index in [0.717, 1.165) is 16.7 Å². The number of azide groups is 3. The molecule has 3 aromatic carbocycles.